The Morgan fingerprint density at radius 1 is 0.917 bits per heavy atom. The van der Waals surface area contributed by atoms with E-state index in [0.717, 1.165) is 49.7 Å². The van der Waals surface area contributed by atoms with Crippen LogP contribution in [0.25, 0.3) is 11.0 Å². The summed E-state index contributed by atoms with van der Waals surface area (Å²) in [6, 6.07) is 19.2. The molecule has 1 unspecified atom stereocenters. The number of imide groups is 1. The van der Waals surface area contributed by atoms with Crippen molar-refractivity contribution in [2.75, 3.05) is 18.4 Å². The minimum Gasteiger partial charge on any atom is -0.457 e. The van der Waals surface area contributed by atoms with Crippen molar-refractivity contribution < 1.29 is 30.1 Å². The second-order valence-corrected chi connectivity index (χ2v) is 15.7. The number of piperidine rings is 2. The maximum absolute atomic E-state index is 13.8. The molecular weight excluding hydrogens is 782 g/mol. The van der Waals surface area contributed by atoms with Crippen molar-refractivity contribution in [3.8, 4) is 23.3 Å². The highest BCUT2D eigenvalue weighted by Gasteiger charge is 2.39. The molecule has 60 heavy (non-hydrogen) atoms. The van der Waals surface area contributed by atoms with Crippen LogP contribution in [0.1, 0.15) is 103 Å². The van der Waals surface area contributed by atoms with Crippen molar-refractivity contribution in [2.45, 2.75) is 82.8 Å². The zero-order chi connectivity index (χ0) is 41.6. The number of halogens is 1. The molecule has 4 amide bonds. The number of unbranched alkanes of at least 4 members (excludes halogenated alkanes) is 4. The second kappa shape index (κ2) is 18.2. The summed E-state index contributed by atoms with van der Waals surface area (Å²) in [6.45, 7) is 1.56. The quantitative estimate of drug-likeness (QED) is 0.0473. The van der Waals surface area contributed by atoms with Crippen LogP contribution in [0.3, 0.4) is 0 Å². The minimum atomic E-state index is -0.654. The maximum atomic E-state index is 13.8. The largest absolute Gasteiger partial charge is 0.457 e. The molecule has 0 aliphatic carbocycles. The van der Waals surface area contributed by atoms with Crippen LogP contribution in [0.5, 0.6) is 11.5 Å². The standard InChI is InChI=1S/C46H44ClN7O6.H2/c47-37-25-32(60-31-13-7-5-8-14-31)17-18-34(37)42(57)35-26-48-43-41(35)44(50-28-49-43)51-30-21-23-53(24-22-30)40(56)16-9-4-2-1-3-6-11-29-12-10-15-33-36(29)27-54(46(33)59)38-19-20-39(55)52-45(38)58;/h5,7-8,10,12-15,17-18,25-26,28,30,38H,1-4,9,16,19-24,27H2,(H,52,55,58)(H2,48,49,50,51);1H. The van der Waals surface area contributed by atoms with Gasteiger partial charge in [0.2, 0.25) is 17.7 Å². The number of ketones is 1. The average molecular weight is 828 g/mol. The number of nitrogens with one attached hydrogen (secondary N) is 3. The molecule has 3 aliphatic rings. The van der Waals surface area contributed by atoms with E-state index in [1.165, 1.54) is 6.33 Å². The van der Waals surface area contributed by atoms with E-state index >= 15 is 0 Å². The third kappa shape index (κ3) is 8.89. The number of aromatic amines is 1. The maximum Gasteiger partial charge on any atom is 0.255 e. The number of para-hydroxylation sites is 1. The molecule has 5 heterocycles. The number of carbonyl (C=O) groups excluding carboxylic acids is 5. The van der Waals surface area contributed by atoms with Crippen LogP contribution in [0.15, 0.2) is 79.3 Å². The van der Waals surface area contributed by atoms with Crippen molar-refractivity contribution in [2.24, 2.45) is 0 Å². The highest BCUT2D eigenvalue weighted by atomic mass is 35.5. The Labute approximate surface area is 353 Å². The Hall–Kier alpha value is -6.52. The average Bonchev–Trinajstić information content (AvgIpc) is 3.84. The number of carbonyl (C=O) groups is 5. The Bertz CT molecular complexity index is 2530. The highest BCUT2D eigenvalue weighted by molar-refractivity contribution is 6.35. The van der Waals surface area contributed by atoms with Crippen molar-refractivity contribution in [1.29, 1.82) is 0 Å². The molecule has 3 aromatic carbocycles. The summed E-state index contributed by atoms with van der Waals surface area (Å²) in [7, 11) is 0. The van der Waals surface area contributed by atoms with E-state index in [1.54, 1.807) is 35.4 Å². The highest BCUT2D eigenvalue weighted by Crippen LogP contribution is 2.33. The Balaban J connectivity index is 0.00000561. The zero-order valence-electron chi connectivity index (χ0n) is 33.0. The van der Waals surface area contributed by atoms with Gasteiger partial charge in [0, 0.05) is 75.3 Å². The van der Waals surface area contributed by atoms with Gasteiger partial charge in [-0.2, -0.15) is 0 Å². The van der Waals surface area contributed by atoms with Crippen LogP contribution in [-0.4, -0.2) is 79.3 Å². The molecule has 2 fully saturated rings. The van der Waals surface area contributed by atoms with E-state index in [2.05, 4.69) is 37.4 Å². The van der Waals surface area contributed by atoms with Crippen molar-refractivity contribution in [3.63, 3.8) is 0 Å². The van der Waals surface area contributed by atoms with Gasteiger partial charge in [-0.25, -0.2) is 9.97 Å². The number of rotatable bonds is 13. The summed E-state index contributed by atoms with van der Waals surface area (Å²) in [6.07, 6.45) is 9.92. The summed E-state index contributed by atoms with van der Waals surface area (Å²) in [5.74, 6) is 7.16. The number of aromatic nitrogens is 3. The summed E-state index contributed by atoms with van der Waals surface area (Å²) in [5.41, 5.74) is 3.44. The first kappa shape index (κ1) is 40.3. The SMILES string of the molecule is O=C1CCC(N2Cc3c(C#CCCCCCCC(=O)N4CCC(Nc5ncnc6[nH]cc(C(=O)c7ccc(Oc8ccccc8)cc7Cl)c56)CC4)cccc3C2=O)C(=O)N1.[HH]. The first-order valence-corrected chi connectivity index (χ1v) is 20.8. The van der Waals surface area contributed by atoms with Gasteiger partial charge in [0.1, 0.15) is 35.3 Å². The number of ether oxygens (including phenoxy) is 1. The van der Waals surface area contributed by atoms with Gasteiger partial charge < -0.3 is 24.8 Å². The summed E-state index contributed by atoms with van der Waals surface area (Å²) in [4.78, 5) is 79.4. The molecule has 0 spiro atoms. The van der Waals surface area contributed by atoms with Gasteiger partial charge in [0.05, 0.1) is 16.0 Å². The first-order chi connectivity index (χ1) is 29.2. The lowest BCUT2D eigenvalue weighted by Crippen LogP contribution is -2.52. The predicted octanol–water partition coefficient (Wildman–Crippen LogP) is 7.44. The molecule has 2 saturated heterocycles. The number of fused-ring (bicyclic) bond motifs is 2. The van der Waals surface area contributed by atoms with Crippen LogP contribution in [0.4, 0.5) is 5.82 Å². The van der Waals surface area contributed by atoms with E-state index in [0.29, 0.717) is 83.9 Å². The van der Waals surface area contributed by atoms with E-state index < -0.39 is 11.9 Å². The van der Waals surface area contributed by atoms with E-state index in [4.69, 9.17) is 16.3 Å². The van der Waals surface area contributed by atoms with Crippen molar-refractivity contribution in [3.05, 3.63) is 112 Å². The fourth-order valence-corrected chi connectivity index (χ4v) is 8.35. The number of likely N-dealkylation sites (tertiary alicyclic amines) is 1. The number of anilines is 1. The molecule has 3 N–H and O–H groups in total. The first-order valence-electron chi connectivity index (χ1n) is 20.4. The van der Waals surface area contributed by atoms with Crippen molar-refractivity contribution >= 4 is 57.9 Å². The molecule has 2 aromatic heterocycles. The lowest BCUT2D eigenvalue weighted by molar-refractivity contribution is -0.137. The number of H-pyrrole nitrogens is 1. The van der Waals surface area contributed by atoms with Gasteiger partial charge in [-0.1, -0.05) is 60.5 Å². The molecular formula is C46H46ClN7O6. The number of hydrogen-bond donors (Lipinski definition) is 3. The second-order valence-electron chi connectivity index (χ2n) is 15.3. The summed E-state index contributed by atoms with van der Waals surface area (Å²) >= 11 is 6.60. The predicted molar refractivity (Wildman–Crippen MR) is 228 cm³/mol. The lowest BCUT2D eigenvalue weighted by Gasteiger charge is -2.33. The van der Waals surface area contributed by atoms with Crippen LogP contribution >= 0.6 is 11.6 Å². The summed E-state index contributed by atoms with van der Waals surface area (Å²) < 4.78 is 5.88. The van der Waals surface area contributed by atoms with Crippen LogP contribution < -0.4 is 15.4 Å². The number of nitrogens with zero attached hydrogens (tertiary/aromatic N) is 4. The van der Waals surface area contributed by atoms with Crippen LogP contribution in [0, 0.1) is 11.8 Å². The normalized spacial score (nSPS) is 16.6. The minimum absolute atomic E-state index is 0. The molecule has 3 aliphatic heterocycles. The topological polar surface area (TPSA) is 167 Å². The Kier molecular flexibility index (Phi) is 12.2. The third-order valence-corrected chi connectivity index (χ3v) is 11.6. The Morgan fingerprint density at radius 3 is 2.53 bits per heavy atom. The number of benzene rings is 3. The zero-order valence-corrected chi connectivity index (χ0v) is 33.7. The monoisotopic (exact) mass is 827 g/mol. The molecule has 0 saturated carbocycles. The van der Waals surface area contributed by atoms with E-state index in [-0.39, 0.29) is 42.4 Å². The molecule has 8 rings (SSSR count). The van der Waals surface area contributed by atoms with Gasteiger partial charge in [0.15, 0.2) is 5.78 Å². The van der Waals surface area contributed by atoms with Gasteiger partial charge in [-0.05, 0) is 74.1 Å². The van der Waals surface area contributed by atoms with Gasteiger partial charge in [-0.3, -0.25) is 29.3 Å². The smallest absolute Gasteiger partial charge is 0.255 e. The fraction of sp³-hybridized carbons (Fsp3) is 0.326. The van der Waals surface area contributed by atoms with Gasteiger partial charge >= 0.3 is 0 Å². The molecule has 0 radical (unpaired) electrons. The number of amides is 4. The Morgan fingerprint density at radius 2 is 1.73 bits per heavy atom. The van der Waals surface area contributed by atoms with Gasteiger partial charge in [0.25, 0.3) is 5.91 Å². The molecule has 5 aromatic rings. The van der Waals surface area contributed by atoms with Crippen LogP contribution in [0.2, 0.25) is 5.02 Å². The molecule has 14 heteroatoms. The van der Waals surface area contributed by atoms with E-state index in [9.17, 15) is 24.0 Å². The summed E-state index contributed by atoms with van der Waals surface area (Å²) in [5, 5.41) is 6.72. The van der Waals surface area contributed by atoms with Crippen molar-refractivity contribution in [1.82, 2.24) is 30.1 Å². The molecule has 308 valence electrons. The number of hydrogen-bond acceptors (Lipinski definition) is 9. The molecule has 0 bridgehead atoms. The molecule has 13 nitrogen and oxygen atoms in total. The fourth-order valence-electron chi connectivity index (χ4n) is 8.09. The van der Waals surface area contributed by atoms with Gasteiger partial charge in [-0.15, -0.1) is 0 Å². The van der Waals surface area contributed by atoms with E-state index in [1.807, 2.05) is 47.4 Å². The lowest BCUT2D eigenvalue weighted by atomic mass is 10.0. The third-order valence-electron chi connectivity index (χ3n) is 11.3. The molecule has 1 atom stereocenters. The van der Waals surface area contributed by atoms with Crippen LogP contribution in [-0.2, 0) is 20.9 Å².